The Bertz CT molecular complexity index is 1460. The molecule has 12 heteroatoms. The maximum atomic E-state index is 13.1. The first-order chi connectivity index (χ1) is 35.6. The largest absolute Gasteiger partial charge is 0.479 e. The molecule has 1 heterocycles. The second-order valence-electron chi connectivity index (χ2n) is 20.3. The Morgan fingerprint density at radius 1 is 0.466 bits per heavy atom. The van der Waals surface area contributed by atoms with Crippen molar-refractivity contribution >= 4 is 23.9 Å². The number of rotatable bonds is 50. The lowest BCUT2D eigenvalue weighted by Gasteiger charge is -2.40. The van der Waals surface area contributed by atoms with Gasteiger partial charge in [0.2, 0.25) is 0 Å². The Balaban J connectivity index is 2.71. The zero-order valence-corrected chi connectivity index (χ0v) is 46.4. The molecule has 422 valence electrons. The first-order valence-electron chi connectivity index (χ1n) is 29.6. The van der Waals surface area contributed by atoms with Crippen LogP contribution in [0.25, 0.3) is 0 Å². The summed E-state index contributed by atoms with van der Waals surface area (Å²) in [5.74, 6) is -3.15. The fraction of sp³-hybridized carbons (Fsp3) is 0.803. The van der Waals surface area contributed by atoms with Gasteiger partial charge >= 0.3 is 23.9 Å². The molecule has 3 N–H and O–H groups in total. The predicted molar refractivity (Wildman–Crippen MR) is 294 cm³/mol. The molecule has 0 radical (unpaired) electrons. The molecule has 6 unspecified atom stereocenters. The Morgan fingerprint density at radius 2 is 0.863 bits per heavy atom. The molecule has 1 aliphatic rings. The standard InChI is InChI=1S/C61H106O12/c1-4-7-10-13-16-19-22-25-27-30-32-35-38-41-44-47-53(62)69-50-52(71-54(63)48-45-42-39-36-33-29-24-21-18-15-12-9-6-3)51-70-61-59(57(66)56(65)58(73-61)60(67)68)72-55(64)49-46-43-40-37-34-31-28-26-23-20-17-14-11-8-5-2/h8,11,17,20,26,28,34,37,52,56-59,61,65-66H,4-7,9-10,12-16,18-19,21-25,27,29-33,35-36,38-51H2,1-3H3,(H,67,68)/b11-8-,20-17-,28-26-,37-34-. The molecule has 73 heavy (non-hydrogen) atoms. The zero-order chi connectivity index (χ0) is 53.3. The fourth-order valence-corrected chi connectivity index (χ4v) is 8.89. The molecule has 0 aliphatic carbocycles. The lowest BCUT2D eigenvalue weighted by molar-refractivity contribution is -0.301. The highest BCUT2D eigenvalue weighted by atomic mass is 16.7. The van der Waals surface area contributed by atoms with Gasteiger partial charge in [-0.1, -0.05) is 236 Å². The van der Waals surface area contributed by atoms with E-state index in [0.29, 0.717) is 25.7 Å². The van der Waals surface area contributed by atoms with Gasteiger partial charge in [-0.3, -0.25) is 14.4 Å². The minimum Gasteiger partial charge on any atom is -0.479 e. The maximum Gasteiger partial charge on any atom is 0.335 e. The Kier molecular flexibility index (Phi) is 45.9. The molecule has 0 aromatic carbocycles. The van der Waals surface area contributed by atoms with Gasteiger partial charge in [0.1, 0.15) is 18.8 Å². The van der Waals surface area contributed by atoms with Crippen LogP contribution in [0.2, 0.25) is 0 Å². The van der Waals surface area contributed by atoms with Crippen LogP contribution in [0.4, 0.5) is 0 Å². The lowest BCUT2D eigenvalue weighted by atomic mass is 9.98. The molecule has 1 rings (SSSR count). The summed E-state index contributed by atoms with van der Waals surface area (Å²) >= 11 is 0. The molecule has 12 nitrogen and oxygen atoms in total. The number of ether oxygens (including phenoxy) is 5. The van der Waals surface area contributed by atoms with Crippen molar-refractivity contribution < 1.29 is 58.2 Å². The molecule has 1 saturated heterocycles. The topological polar surface area (TPSA) is 175 Å². The summed E-state index contributed by atoms with van der Waals surface area (Å²) in [6, 6.07) is 0. The van der Waals surface area contributed by atoms with Crippen molar-refractivity contribution in [3.63, 3.8) is 0 Å². The quantitative estimate of drug-likeness (QED) is 0.0228. The minimum absolute atomic E-state index is 0.0106. The van der Waals surface area contributed by atoms with Crippen LogP contribution in [0.15, 0.2) is 48.6 Å². The number of unbranched alkanes of at least 4 members (excludes halogenated alkanes) is 28. The molecule has 6 atom stereocenters. The van der Waals surface area contributed by atoms with E-state index >= 15 is 0 Å². The predicted octanol–water partition coefficient (Wildman–Crippen LogP) is 15.0. The van der Waals surface area contributed by atoms with Crippen LogP contribution in [0, 0.1) is 0 Å². The molecule has 1 aliphatic heterocycles. The molecule has 1 fully saturated rings. The first-order valence-corrected chi connectivity index (χ1v) is 29.6. The van der Waals surface area contributed by atoms with Crippen LogP contribution >= 0.6 is 0 Å². The fourth-order valence-electron chi connectivity index (χ4n) is 8.89. The average Bonchev–Trinajstić information content (AvgIpc) is 3.37. The Morgan fingerprint density at radius 3 is 1.32 bits per heavy atom. The van der Waals surface area contributed by atoms with Crippen molar-refractivity contribution in [3.05, 3.63) is 48.6 Å². The summed E-state index contributed by atoms with van der Waals surface area (Å²) in [4.78, 5) is 51.1. The number of aliphatic hydroxyl groups is 2. The van der Waals surface area contributed by atoms with Crippen molar-refractivity contribution in [2.75, 3.05) is 13.2 Å². The van der Waals surface area contributed by atoms with Crippen LogP contribution in [0.5, 0.6) is 0 Å². The molecule has 0 bridgehead atoms. The van der Waals surface area contributed by atoms with Crippen LogP contribution < -0.4 is 0 Å². The van der Waals surface area contributed by atoms with E-state index in [1.54, 1.807) is 0 Å². The summed E-state index contributed by atoms with van der Waals surface area (Å²) in [5, 5.41) is 31.4. The van der Waals surface area contributed by atoms with Gasteiger partial charge in [-0.05, 0) is 57.8 Å². The van der Waals surface area contributed by atoms with Gasteiger partial charge in [0.25, 0.3) is 0 Å². The maximum absolute atomic E-state index is 13.1. The molecule has 0 spiro atoms. The zero-order valence-electron chi connectivity index (χ0n) is 46.4. The number of allylic oxidation sites excluding steroid dienone is 8. The van der Waals surface area contributed by atoms with Gasteiger partial charge in [0.15, 0.2) is 24.6 Å². The van der Waals surface area contributed by atoms with Gasteiger partial charge in [0.05, 0.1) is 6.61 Å². The highest BCUT2D eigenvalue weighted by Gasteiger charge is 2.50. The van der Waals surface area contributed by atoms with Crippen molar-refractivity contribution in [2.45, 2.75) is 302 Å². The number of aliphatic hydroxyl groups excluding tert-OH is 2. The summed E-state index contributed by atoms with van der Waals surface area (Å²) in [6.45, 7) is 5.88. The number of hydrogen-bond acceptors (Lipinski definition) is 11. The van der Waals surface area contributed by atoms with E-state index in [1.165, 1.54) is 128 Å². The van der Waals surface area contributed by atoms with Crippen LogP contribution in [-0.4, -0.2) is 89.2 Å². The lowest BCUT2D eigenvalue weighted by Crippen LogP contribution is -2.61. The van der Waals surface area contributed by atoms with Crippen molar-refractivity contribution in [1.29, 1.82) is 0 Å². The summed E-state index contributed by atoms with van der Waals surface area (Å²) in [7, 11) is 0. The Labute approximate surface area is 443 Å². The Hall–Kier alpha value is -3.32. The third kappa shape index (κ3) is 39.7. The smallest absolute Gasteiger partial charge is 0.335 e. The SMILES string of the molecule is CC/C=C\C/C=C\C/C=C\C/C=C\CCCCC(=O)OC1C(OCC(COC(=O)CCCCCCCCCCCCCCCCC)OC(=O)CCCCCCCCCCCCCCC)OC(C(=O)O)C(O)C1O. The molecule has 0 aromatic rings. The normalized spacial score (nSPS) is 18.6. The average molecular weight is 1030 g/mol. The van der Waals surface area contributed by atoms with E-state index < -0.39 is 67.3 Å². The summed E-state index contributed by atoms with van der Waals surface area (Å²) in [6.07, 6.45) is 46.5. The molecule has 0 saturated carbocycles. The van der Waals surface area contributed by atoms with Crippen LogP contribution in [0.1, 0.15) is 265 Å². The number of carbonyl (C=O) groups is 4. The van der Waals surface area contributed by atoms with Gasteiger partial charge in [-0.2, -0.15) is 0 Å². The van der Waals surface area contributed by atoms with E-state index in [2.05, 4.69) is 69.4 Å². The van der Waals surface area contributed by atoms with Crippen LogP contribution in [-0.2, 0) is 42.9 Å². The van der Waals surface area contributed by atoms with E-state index in [1.807, 2.05) is 0 Å². The third-order valence-electron chi connectivity index (χ3n) is 13.4. The number of hydrogen-bond donors (Lipinski definition) is 3. The van der Waals surface area contributed by atoms with E-state index in [0.717, 1.165) is 70.6 Å². The number of carboxylic acid groups (broad SMARTS) is 1. The van der Waals surface area contributed by atoms with E-state index in [4.69, 9.17) is 23.7 Å². The van der Waals surface area contributed by atoms with Gasteiger partial charge in [-0.15, -0.1) is 0 Å². The second-order valence-corrected chi connectivity index (χ2v) is 20.3. The van der Waals surface area contributed by atoms with Gasteiger partial charge < -0.3 is 39.0 Å². The number of esters is 3. The highest BCUT2D eigenvalue weighted by molar-refractivity contribution is 5.74. The van der Waals surface area contributed by atoms with E-state index in [-0.39, 0.29) is 25.9 Å². The number of aliphatic carboxylic acids is 1. The first kappa shape index (κ1) is 67.7. The summed E-state index contributed by atoms with van der Waals surface area (Å²) in [5.41, 5.74) is 0. The van der Waals surface area contributed by atoms with Crippen molar-refractivity contribution in [3.8, 4) is 0 Å². The number of carboxylic acids is 1. The van der Waals surface area contributed by atoms with Gasteiger partial charge in [-0.25, -0.2) is 4.79 Å². The molecular formula is C61H106O12. The molecular weight excluding hydrogens is 925 g/mol. The van der Waals surface area contributed by atoms with Crippen molar-refractivity contribution in [2.24, 2.45) is 0 Å². The monoisotopic (exact) mass is 1030 g/mol. The third-order valence-corrected chi connectivity index (χ3v) is 13.4. The van der Waals surface area contributed by atoms with Crippen LogP contribution in [0.3, 0.4) is 0 Å². The molecule has 0 amide bonds. The number of carbonyl (C=O) groups excluding carboxylic acids is 3. The summed E-state index contributed by atoms with van der Waals surface area (Å²) < 4.78 is 28.4. The highest BCUT2D eigenvalue weighted by Crippen LogP contribution is 2.26. The van der Waals surface area contributed by atoms with Crippen molar-refractivity contribution in [1.82, 2.24) is 0 Å². The van der Waals surface area contributed by atoms with E-state index in [9.17, 15) is 34.5 Å². The minimum atomic E-state index is -1.91. The second kappa shape index (κ2) is 49.6. The van der Waals surface area contributed by atoms with Gasteiger partial charge in [0, 0.05) is 19.3 Å². The molecule has 0 aromatic heterocycles.